The highest BCUT2D eigenvalue weighted by molar-refractivity contribution is 7.99. The van der Waals surface area contributed by atoms with Crippen molar-refractivity contribution in [1.29, 1.82) is 0 Å². The van der Waals surface area contributed by atoms with Crippen LogP contribution in [0, 0.1) is 17.6 Å². The predicted octanol–water partition coefficient (Wildman–Crippen LogP) is 2.69. The quantitative estimate of drug-likeness (QED) is 0.761. The molecule has 116 valence electrons. The zero-order chi connectivity index (χ0) is 15.6. The number of hydrogen-bond acceptors (Lipinski definition) is 3. The van der Waals surface area contributed by atoms with Crippen LogP contribution in [0.15, 0.2) is 23.1 Å². The summed E-state index contributed by atoms with van der Waals surface area (Å²) in [6.07, 6.45) is 1.92. The van der Waals surface area contributed by atoms with Crippen LogP contribution in [0.1, 0.15) is 26.7 Å². The molecule has 1 atom stereocenters. The number of amides is 1. The lowest BCUT2D eigenvalue weighted by Gasteiger charge is -2.33. The summed E-state index contributed by atoms with van der Waals surface area (Å²) in [5.41, 5.74) is 4.84. The molecule has 2 rings (SSSR count). The van der Waals surface area contributed by atoms with E-state index in [-0.39, 0.29) is 17.9 Å². The SMILES string of the molecule is CC(C)NC(CSc1ccc(F)c(F)c1)(C(N)=O)C1CC1. The smallest absolute Gasteiger partial charge is 0.238 e. The number of primary amides is 1. The summed E-state index contributed by atoms with van der Waals surface area (Å²) in [4.78, 5) is 12.6. The van der Waals surface area contributed by atoms with Gasteiger partial charge in [0, 0.05) is 16.7 Å². The molecule has 3 N–H and O–H groups in total. The van der Waals surface area contributed by atoms with Crippen LogP contribution >= 0.6 is 11.8 Å². The fourth-order valence-corrected chi connectivity index (χ4v) is 3.68. The van der Waals surface area contributed by atoms with Gasteiger partial charge in [-0.05, 0) is 50.8 Å². The first-order chi connectivity index (χ1) is 9.85. The average molecular weight is 314 g/mol. The molecule has 0 radical (unpaired) electrons. The van der Waals surface area contributed by atoms with Gasteiger partial charge in [0.1, 0.15) is 5.54 Å². The van der Waals surface area contributed by atoms with E-state index in [2.05, 4.69) is 5.32 Å². The van der Waals surface area contributed by atoms with Crippen molar-refractivity contribution in [3.05, 3.63) is 29.8 Å². The molecule has 3 nitrogen and oxygen atoms in total. The van der Waals surface area contributed by atoms with Crippen molar-refractivity contribution in [3.8, 4) is 0 Å². The predicted molar refractivity (Wildman–Crippen MR) is 80.0 cm³/mol. The lowest BCUT2D eigenvalue weighted by molar-refractivity contribution is -0.124. The molecule has 1 aliphatic carbocycles. The highest BCUT2D eigenvalue weighted by Crippen LogP contribution is 2.42. The summed E-state index contributed by atoms with van der Waals surface area (Å²) < 4.78 is 26.2. The highest BCUT2D eigenvalue weighted by atomic mass is 32.2. The molecule has 1 saturated carbocycles. The molecular formula is C15H20F2N2OS. The van der Waals surface area contributed by atoms with E-state index in [4.69, 9.17) is 5.73 Å². The maximum Gasteiger partial charge on any atom is 0.238 e. The Balaban J connectivity index is 2.14. The van der Waals surface area contributed by atoms with E-state index in [1.807, 2.05) is 13.8 Å². The van der Waals surface area contributed by atoms with Crippen LogP contribution in [0.4, 0.5) is 8.78 Å². The van der Waals surface area contributed by atoms with Crippen molar-refractivity contribution < 1.29 is 13.6 Å². The molecule has 0 heterocycles. The molecule has 1 amide bonds. The van der Waals surface area contributed by atoms with Gasteiger partial charge in [0.25, 0.3) is 0 Å². The second kappa shape index (κ2) is 6.32. The van der Waals surface area contributed by atoms with Gasteiger partial charge in [-0.15, -0.1) is 11.8 Å². The summed E-state index contributed by atoms with van der Waals surface area (Å²) in [5, 5.41) is 3.29. The molecule has 1 fully saturated rings. The molecule has 0 aliphatic heterocycles. The summed E-state index contributed by atoms with van der Waals surface area (Å²) in [6, 6.07) is 3.87. The van der Waals surface area contributed by atoms with Gasteiger partial charge in [-0.2, -0.15) is 0 Å². The summed E-state index contributed by atoms with van der Waals surface area (Å²) in [6.45, 7) is 3.92. The number of rotatable bonds is 7. The number of hydrogen-bond donors (Lipinski definition) is 2. The van der Waals surface area contributed by atoms with Crippen molar-refractivity contribution in [2.75, 3.05) is 5.75 Å². The molecular weight excluding hydrogens is 294 g/mol. The van der Waals surface area contributed by atoms with Crippen LogP contribution in [0.25, 0.3) is 0 Å². The minimum Gasteiger partial charge on any atom is -0.368 e. The van der Waals surface area contributed by atoms with Gasteiger partial charge in [0.2, 0.25) is 5.91 Å². The Kier molecular flexibility index (Phi) is 4.88. The number of halogens is 2. The molecule has 1 aliphatic rings. The minimum absolute atomic E-state index is 0.114. The van der Waals surface area contributed by atoms with Gasteiger partial charge in [-0.25, -0.2) is 8.78 Å². The van der Waals surface area contributed by atoms with Gasteiger partial charge in [-0.3, -0.25) is 4.79 Å². The fourth-order valence-electron chi connectivity index (χ4n) is 2.48. The summed E-state index contributed by atoms with van der Waals surface area (Å²) in [5.74, 6) is -1.50. The number of carbonyl (C=O) groups is 1. The maximum atomic E-state index is 13.2. The van der Waals surface area contributed by atoms with E-state index in [0.717, 1.165) is 25.0 Å². The first-order valence-electron chi connectivity index (χ1n) is 7.00. The lowest BCUT2D eigenvalue weighted by atomic mass is 9.93. The molecule has 0 aromatic heterocycles. The van der Waals surface area contributed by atoms with Gasteiger partial charge in [0.05, 0.1) is 0 Å². The van der Waals surface area contributed by atoms with Crippen molar-refractivity contribution in [2.45, 2.75) is 43.2 Å². The number of nitrogens with one attached hydrogen (secondary N) is 1. The van der Waals surface area contributed by atoms with Gasteiger partial charge < -0.3 is 11.1 Å². The second-order valence-corrected chi connectivity index (χ2v) is 6.82. The third-order valence-electron chi connectivity index (χ3n) is 3.62. The Hall–Kier alpha value is -1.14. The normalized spacial score (nSPS) is 17.8. The molecule has 0 saturated heterocycles. The van der Waals surface area contributed by atoms with E-state index in [9.17, 15) is 13.6 Å². The first-order valence-corrected chi connectivity index (χ1v) is 7.99. The number of benzene rings is 1. The zero-order valence-electron chi connectivity index (χ0n) is 12.2. The number of carbonyl (C=O) groups excluding carboxylic acids is 1. The van der Waals surface area contributed by atoms with Crippen LogP contribution in [0.2, 0.25) is 0 Å². The van der Waals surface area contributed by atoms with Crippen LogP contribution in [-0.4, -0.2) is 23.2 Å². The van der Waals surface area contributed by atoms with Crippen LogP contribution in [-0.2, 0) is 4.79 Å². The Morgan fingerprint density at radius 1 is 1.43 bits per heavy atom. The van der Waals surface area contributed by atoms with Crippen LogP contribution in [0.5, 0.6) is 0 Å². The van der Waals surface area contributed by atoms with E-state index in [1.165, 1.54) is 17.8 Å². The van der Waals surface area contributed by atoms with Gasteiger partial charge in [0.15, 0.2) is 11.6 Å². The Morgan fingerprint density at radius 3 is 2.57 bits per heavy atom. The molecule has 1 unspecified atom stereocenters. The Morgan fingerprint density at radius 2 is 2.10 bits per heavy atom. The molecule has 1 aromatic carbocycles. The maximum absolute atomic E-state index is 13.2. The van der Waals surface area contributed by atoms with E-state index >= 15 is 0 Å². The first kappa shape index (κ1) is 16.2. The van der Waals surface area contributed by atoms with Gasteiger partial charge in [-0.1, -0.05) is 0 Å². The zero-order valence-corrected chi connectivity index (χ0v) is 13.0. The molecule has 6 heteroatoms. The van der Waals surface area contributed by atoms with Crippen molar-refractivity contribution in [2.24, 2.45) is 11.7 Å². The summed E-state index contributed by atoms with van der Waals surface area (Å²) >= 11 is 1.32. The third-order valence-corrected chi connectivity index (χ3v) is 4.80. The molecule has 1 aromatic rings. The van der Waals surface area contributed by atoms with Crippen LogP contribution in [0.3, 0.4) is 0 Å². The number of nitrogens with two attached hydrogens (primary N) is 1. The molecule has 0 bridgehead atoms. The topological polar surface area (TPSA) is 55.1 Å². The van der Waals surface area contributed by atoms with E-state index in [0.29, 0.717) is 10.6 Å². The van der Waals surface area contributed by atoms with Crippen LogP contribution < -0.4 is 11.1 Å². The third kappa shape index (κ3) is 3.74. The largest absolute Gasteiger partial charge is 0.368 e. The van der Waals surface area contributed by atoms with E-state index < -0.39 is 17.2 Å². The highest BCUT2D eigenvalue weighted by Gasteiger charge is 2.49. The van der Waals surface area contributed by atoms with Crippen molar-refractivity contribution in [1.82, 2.24) is 5.32 Å². The standard InChI is InChI=1S/C15H20F2N2OS/c1-9(2)19-15(14(18)20,10-3-4-10)8-21-11-5-6-12(16)13(17)7-11/h5-7,9-10,19H,3-4,8H2,1-2H3,(H2,18,20). The lowest BCUT2D eigenvalue weighted by Crippen LogP contribution is -2.61. The van der Waals surface area contributed by atoms with E-state index in [1.54, 1.807) is 0 Å². The second-order valence-electron chi connectivity index (χ2n) is 5.77. The minimum atomic E-state index is -0.882. The molecule has 21 heavy (non-hydrogen) atoms. The molecule has 0 spiro atoms. The van der Waals surface area contributed by atoms with Crippen molar-refractivity contribution in [3.63, 3.8) is 0 Å². The van der Waals surface area contributed by atoms with Crippen molar-refractivity contribution >= 4 is 17.7 Å². The average Bonchev–Trinajstić information content (AvgIpc) is 3.22. The van der Waals surface area contributed by atoms with Gasteiger partial charge >= 0.3 is 0 Å². The summed E-state index contributed by atoms with van der Waals surface area (Å²) in [7, 11) is 0. The fraction of sp³-hybridized carbons (Fsp3) is 0.533. The monoisotopic (exact) mass is 314 g/mol. The Bertz CT molecular complexity index is 534. The number of thioether (sulfide) groups is 1. The Labute approximate surface area is 127 Å².